The lowest BCUT2D eigenvalue weighted by molar-refractivity contribution is 0.0600. The number of methoxy groups -OCH3 is 1. The van der Waals surface area contributed by atoms with Crippen molar-refractivity contribution in [1.29, 1.82) is 0 Å². The Morgan fingerprint density at radius 1 is 0.952 bits per heavy atom. The molecule has 0 saturated heterocycles. The van der Waals surface area contributed by atoms with Gasteiger partial charge in [-0.1, -0.05) is 24.3 Å². The SMILES string of the molecule is COC(=O)c1ccc(CC(=O)c2ccc(SC)cc2)cc1. The van der Waals surface area contributed by atoms with E-state index in [4.69, 9.17) is 0 Å². The van der Waals surface area contributed by atoms with E-state index in [1.54, 1.807) is 36.0 Å². The largest absolute Gasteiger partial charge is 0.465 e. The number of Topliss-reactive ketones (excluding diaryl/α,β-unsaturated/α-hetero) is 1. The van der Waals surface area contributed by atoms with E-state index in [1.165, 1.54) is 7.11 Å². The summed E-state index contributed by atoms with van der Waals surface area (Å²) in [5.74, 6) is -0.311. The number of hydrogen-bond donors (Lipinski definition) is 0. The number of thioether (sulfide) groups is 1. The fourth-order valence-corrected chi connectivity index (χ4v) is 2.35. The molecule has 21 heavy (non-hydrogen) atoms. The summed E-state index contributed by atoms with van der Waals surface area (Å²) in [5.41, 5.74) is 2.06. The van der Waals surface area contributed by atoms with Gasteiger partial charge in [0.05, 0.1) is 12.7 Å². The molecule has 0 unspecified atom stereocenters. The van der Waals surface area contributed by atoms with Gasteiger partial charge in [0.1, 0.15) is 0 Å². The minimum Gasteiger partial charge on any atom is -0.465 e. The molecule has 108 valence electrons. The van der Waals surface area contributed by atoms with Crippen molar-refractivity contribution >= 4 is 23.5 Å². The second-order valence-electron chi connectivity index (χ2n) is 4.52. The Hall–Kier alpha value is -2.07. The number of ketones is 1. The first kappa shape index (κ1) is 15.3. The van der Waals surface area contributed by atoms with Gasteiger partial charge in [0.2, 0.25) is 0 Å². The monoisotopic (exact) mass is 300 g/mol. The van der Waals surface area contributed by atoms with Gasteiger partial charge < -0.3 is 4.74 Å². The standard InChI is InChI=1S/C17H16O3S/c1-20-17(19)14-5-3-12(4-6-14)11-16(18)13-7-9-15(21-2)10-8-13/h3-10H,11H2,1-2H3. The Morgan fingerprint density at radius 3 is 2.05 bits per heavy atom. The molecule has 0 saturated carbocycles. The summed E-state index contributed by atoms with van der Waals surface area (Å²) in [4.78, 5) is 24.7. The molecule has 0 aliphatic heterocycles. The molecule has 3 nitrogen and oxygen atoms in total. The summed E-state index contributed by atoms with van der Waals surface area (Å²) in [6.07, 6.45) is 2.32. The second kappa shape index (κ2) is 7.09. The molecule has 2 rings (SSSR count). The number of hydrogen-bond acceptors (Lipinski definition) is 4. The Bertz CT molecular complexity index is 630. The second-order valence-corrected chi connectivity index (χ2v) is 5.40. The predicted octanol–water partition coefficient (Wildman–Crippen LogP) is 3.62. The first-order valence-corrected chi connectivity index (χ1v) is 7.71. The van der Waals surface area contributed by atoms with E-state index in [0.29, 0.717) is 17.5 Å². The van der Waals surface area contributed by atoms with E-state index in [0.717, 1.165) is 10.5 Å². The summed E-state index contributed by atoms with van der Waals surface area (Å²) in [5, 5.41) is 0. The molecule has 0 aromatic heterocycles. The van der Waals surface area contributed by atoms with E-state index in [2.05, 4.69) is 4.74 Å². The summed E-state index contributed by atoms with van der Waals surface area (Å²) in [7, 11) is 1.35. The van der Waals surface area contributed by atoms with Crippen LogP contribution in [0.25, 0.3) is 0 Å². The maximum atomic E-state index is 12.2. The van der Waals surface area contributed by atoms with Gasteiger partial charge in [0.15, 0.2) is 5.78 Å². The summed E-state index contributed by atoms with van der Waals surface area (Å²) < 4.78 is 4.64. The van der Waals surface area contributed by atoms with Gasteiger partial charge >= 0.3 is 5.97 Å². The van der Waals surface area contributed by atoms with Gasteiger partial charge in [-0.15, -0.1) is 11.8 Å². The van der Waals surface area contributed by atoms with Crippen LogP contribution in [0.2, 0.25) is 0 Å². The number of ether oxygens (including phenoxy) is 1. The highest BCUT2D eigenvalue weighted by molar-refractivity contribution is 7.98. The molecule has 2 aromatic carbocycles. The molecule has 4 heteroatoms. The Kier molecular flexibility index (Phi) is 5.17. The highest BCUT2D eigenvalue weighted by Crippen LogP contribution is 2.16. The van der Waals surface area contributed by atoms with Crippen LogP contribution >= 0.6 is 11.8 Å². The van der Waals surface area contributed by atoms with Crippen molar-refractivity contribution in [3.63, 3.8) is 0 Å². The zero-order valence-corrected chi connectivity index (χ0v) is 12.8. The molecule has 0 heterocycles. The van der Waals surface area contributed by atoms with Crippen molar-refractivity contribution < 1.29 is 14.3 Å². The molecule has 0 aliphatic carbocycles. The average Bonchev–Trinajstić information content (AvgIpc) is 2.55. The van der Waals surface area contributed by atoms with Crippen LogP contribution in [0.5, 0.6) is 0 Å². The molecule has 0 spiro atoms. The van der Waals surface area contributed by atoms with Crippen molar-refractivity contribution in [2.24, 2.45) is 0 Å². The van der Waals surface area contributed by atoms with Gasteiger partial charge in [-0.25, -0.2) is 4.79 Å². The van der Waals surface area contributed by atoms with Gasteiger partial charge in [-0.3, -0.25) is 4.79 Å². The van der Waals surface area contributed by atoms with Crippen molar-refractivity contribution in [3.8, 4) is 0 Å². The quantitative estimate of drug-likeness (QED) is 0.480. The lowest BCUT2D eigenvalue weighted by Gasteiger charge is -2.04. The van der Waals surface area contributed by atoms with Gasteiger partial charge in [-0.2, -0.15) is 0 Å². The fraction of sp³-hybridized carbons (Fsp3) is 0.176. The molecule has 0 bridgehead atoms. The third kappa shape index (κ3) is 3.95. The summed E-state index contributed by atoms with van der Waals surface area (Å²) in [6, 6.07) is 14.5. The molecule has 0 amide bonds. The highest BCUT2D eigenvalue weighted by atomic mass is 32.2. The zero-order chi connectivity index (χ0) is 15.2. The fourth-order valence-electron chi connectivity index (χ4n) is 1.94. The van der Waals surface area contributed by atoms with Crippen LogP contribution in [0.1, 0.15) is 26.3 Å². The summed E-state index contributed by atoms with van der Waals surface area (Å²) in [6.45, 7) is 0. The molecule has 0 aliphatic rings. The third-order valence-electron chi connectivity index (χ3n) is 3.15. The topological polar surface area (TPSA) is 43.4 Å². The van der Waals surface area contributed by atoms with E-state index < -0.39 is 0 Å². The Balaban J connectivity index is 2.06. The minimum atomic E-state index is -0.375. The maximum Gasteiger partial charge on any atom is 0.337 e. The third-order valence-corrected chi connectivity index (χ3v) is 3.90. The van der Waals surface area contributed by atoms with E-state index >= 15 is 0 Å². The number of benzene rings is 2. The van der Waals surface area contributed by atoms with Crippen LogP contribution in [-0.4, -0.2) is 25.1 Å². The zero-order valence-electron chi connectivity index (χ0n) is 12.0. The van der Waals surface area contributed by atoms with Gasteiger partial charge in [0.25, 0.3) is 0 Å². The van der Waals surface area contributed by atoms with E-state index in [9.17, 15) is 9.59 Å². The molecule has 0 fully saturated rings. The van der Waals surface area contributed by atoms with Crippen LogP contribution in [0.3, 0.4) is 0 Å². The lowest BCUT2D eigenvalue weighted by atomic mass is 10.0. The number of esters is 1. The first-order chi connectivity index (χ1) is 10.1. The molecular weight excluding hydrogens is 284 g/mol. The van der Waals surface area contributed by atoms with Crippen LogP contribution in [-0.2, 0) is 11.2 Å². The number of rotatable bonds is 5. The van der Waals surface area contributed by atoms with Crippen molar-refractivity contribution in [2.45, 2.75) is 11.3 Å². The predicted molar refractivity (Wildman–Crippen MR) is 84.0 cm³/mol. The number of carbonyl (C=O) groups is 2. The molecular formula is C17H16O3S. The maximum absolute atomic E-state index is 12.2. The number of carbonyl (C=O) groups excluding carboxylic acids is 2. The molecule has 0 atom stereocenters. The van der Waals surface area contributed by atoms with Crippen LogP contribution in [0.15, 0.2) is 53.4 Å². The van der Waals surface area contributed by atoms with Crippen LogP contribution in [0, 0.1) is 0 Å². The molecule has 0 radical (unpaired) electrons. The molecule has 0 N–H and O–H groups in total. The highest BCUT2D eigenvalue weighted by Gasteiger charge is 2.09. The molecule has 2 aromatic rings. The van der Waals surface area contributed by atoms with Crippen LogP contribution in [0.4, 0.5) is 0 Å². The van der Waals surface area contributed by atoms with Crippen molar-refractivity contribution in [2.75, 3.05) is 13.4 Å². The van der Waals surface area contributed by atoms with Crippen molar-refractivity contribution in [1.82, 2.24) is 0 Å². The normalized spacial score (nSPS) is 10.2. The van der Waals surface area contributed by atoms with Gasteiger partial charge in [0, 0.05) is 16.9 Å². The summed E-state index contributed by atoms with van der Waals surface area (Å²) >= 11 is 1.64. The van der Waals surface area contributed by atoms with Gasteiger partial charge in [-0.05, 0) is 36.1 Å². The Labute approximate surface area is 128 Å². The van der Waals surface area contributed by atoms with Crippen LogP contribution < -0.4 is 0 Å². The lowest BCUT2D eigenvalue weighted by Crippen LogP contribution is -2.05. The minimum absolute atomic E-state index is 0.0634. The first-order valence-electron chi connectivity index (χ1n) is 6.48. The van der Waals surface area contributed by atoms with E-state index in [1.807, 2.05) is 30.5 Å². The van der Waals surface area contributed by atoms with Crippen molar-refractivity contribution in [3.05, 3.63) is 65.2 Å². The Morgan fingerprint density at radius 2 is 1.52 bits per heavy atom. The smallest absolute Gasteiger partial charge is 0.337 e. The van der Waals surface area contributed by atoms with E-state index in [-0.39, 0.29) is 11.8 Å². The average molecular weight is 300 g/mol.